The minimum atomic E-state index is -0.0544. The second kappa shape index (κ2) is 7.30. The molecular formula is C20H22N4O. The second-order valence-electron chi connectivity index (χ2n) is 6.29. The highest BCUT2D eigenvalue weighted by molar-refractivity contribution is 5.89. The fourth-order valence-electron chi connectivity index (χ4n) is 3.07. The van der Waals surface area contributed by atoms with Gasteiger partial charge in [-0.25, -0.2) is 4.98 Å². The topological polar surface area (TPSA) is 70.7 Å². The summed E-state index contributed by atoms with van der Waals surface area (Å²) >= 11 is 0. The quantitative estimate of drug-likeness (QED) is 0.742. The minimum absolute atomic E-state index is 0.0544. The lowest BCUT2D eigenvalue weighted by atomic mass is 9.96. The number of nitrogens with zero attached hydrogens (tertiary/aromatic N) is 2. The van der Waals surface area contributed by atoms with Gasteiger partial charge in [-0.15, -0.1) is 0 Å². The van der Waals surface area contributed by atoms with Crippen LogP contribution in [-0.4, -0.2) is 20.9 Å². The molecule has 0 unspecified atom stereocenters. The lowest BCUT2D eigenvalue weighted by molar-refractivity contribution is -0.116. The van der Waals surface area contributed by atoms with E-state index in [1.807, 2.05) is 18.2 Å². The van der Waals surface area contributed by atoms with E-state index in [0.717, 1.165) is 17.8 Å². The molecule has 128 valence electrons. The van der Waals surface area contributed by atoms with Gasteiger partial charge in [-0.05, 0) is 56.0 Å². The number of benzene rings is 1. The Morgan fingerprint density at radius 2 is 1.88 bits per heavy atom. The number of hydrogen-bond donors (Lipinski definition) is 2. The highest BCUT2D eigenvalue weighted by atomic mass is 16.1. The van der Waals surface area contributed by atoms with Crippen LogP contribution in [0.5, 0.6) is 0 Å². The largest absolute Gasteiger partial charge is 0.323 e. The van der Waals surface area contributed by atoms with Crippen LogP contribution in [0.25, 0.3) is 11.4 Å². The molecule has 0 atom stereocenters. The lowest BCUT2D eigenvalue weighted by Gasteiger charge is -2.11. The van der Waals surface area contributed by atoms with Crippen LogP contribution >= 0.6 is 0 Å². The van der Waals surface area contributed by atoms with Crippen molar-refractivity contribution < 1.29 is 4.79 Å². The highest BCUT2D eigenvalue weighted by Crippen LogP contribution is 2.19. The normalized spacial score (nSPS) is 10.7. The van der Waals surface area contributed by atoms with E-state index in [4.69, 9.17) is 0 Å². The van der Waals surface area contributed by atoms with Gasteiger partial charge in [0.05, 0.1) is 17.6 Å². The third-order valence-corrected chi connectivity index (χ3v) is 4.22. The van der Waals surface area contributed by atoms with Crippen molar-refractivity contribution in [2.24, 2.45) is 0 Å². The number of H-pyrrole nitrogens is 1. The third kappa shape index (κ3) is 4.12. The first-order chi connectivity index (χ1) is 12.0. The van der Waals surface area contributed by atoms with Gasteiger partial charge < -0.3 is 4.98 Å². The average Bonchev–Trinajstić information content (AvgIpc) is 3.03. The van der Waals surface area contributed by atoms with E-state index in [1.165, 1.54) is 22.3 Å². The molecule has 2 heterocycles. The molecule has 2 aromatic heterocycles. The van der Waals surface area contributed by atoms with Gasteiger partial charge in [-0.3, -0.25) is 15.1 Å². The van der Waals surface area contributed by atoms with Crippen molar-refractivity contribution in [3.63, 3.8) is 0 Å². The molecule has 0 aliphatic heterocycles. The number of nitrogens with one attached hydrogen (secondary N) is 2. The van der Waals surface area contributed by atoms with Gasteiger partial charge in [0.25, 0.3) is 0 Å². The van der Waals surface area contributed by atoms with Crippen molar-refractivity contribution in [2.75, 3.05) is 5.32 Å². The summed E-state index contributed by atoms with van der Waals surface area (Å²) in [5.74, 6) is 0.393. The fraction of sp³-hybridized carbons (Fsp3) is 0.250. The number of carbonyl (C=O) groups is 1. The van der Waals surface area contributed by atoms with Crippen LogP contribution in [0.15, 0.2) is 42.7 Å². The van der Waals surface area contributed by atoms with Gasteiger partial charge in [-0.2, -0.15) is 0 Å². The summed E-state index contributed by atoms with van der Waals surface area (Å²) in [5, 5.41) is 2.82. The summed E-state index contributed by atoms with van der Waals surface area (Å²) in [4.78, 5) is 23.8. The molecular weight excluding hydrogens is 312 g/mol. The zero-order valence-electron chi connectivity index (χ0n) is 14.8. The predicted molar refractivity (Wildman–Crippen MR) is 99.4 cm³/mol. The van der Waals surface area contributed by atoms with Gasteiger partial charge in [0, 0.05) is 12.6 Å². The third-order valence-electron chi connectivity index (χ3n) is 4.22. The van der Waals surface area contributed by atoms with E-state index in [0.29, 0.717) is 12.4 Å². The lowest BCUT2D eigenvalue weighted by Crippen LogP contribution is -2.14. The molecule has 0 aliphatic carbocycles. The molecule has 0 spiro atoms. The summed E-state index contributed by atoms with van der Waals surface area (Å²) in [5.41, 5.74) is 6.54. The Morgan fingerprint density at radius 3 is 2.56 bits per heavy atom. The Kier molecular flexibility index (Phi) is 4.93. The Labute approximate surface area is 147 Å². The predicted octanol–water partition coefficient (Wildman–Crippen LogP) is 3.97. The van der Waals surface area contributed by atoms with E-state index >= 15 is 0 Å². The van der Waals surface area contributed by atoms with Crippen LogP contribution in [0.2, 0.25) is 0 Å². The molecule has 0 saturated carbocycles. The summed E-state index contributed by atoms with van der Waals surface area (Å²) in [6.07, 6.45) is 4.54. The summed E-state index contributed by atoms with van der Waals surface area (Å²) in [6, 6.07) is 9.98. The van der Waals surface area contributed by atoms with Crippen molar-refractivity contribution in [3.05, 3.63) is 65.0 Å². The van der Waals surface area contributed by atoms with E-state index in [1.54, 1.807) is 12.4 Å². The van der Waals surface area contributed by atoms with Crippen LogP contribution in [0, 0.1) is 20.8 Å². The SMILES string of the molecule is Cc1cc(C)c(CCC(=O)Nc2ncc(-c3ccccn3)[nH]2)c(C)c1. The Hall–Kier alpha value is -2.95. The highest BCUT2D eigenvalue weighted by Gasteiger charge is 2.10. The number of rotatable bonds is 5. The van der Waals surface area contributed by atoms with E-state index in [9.17, 15) is 4.79 Å². The number of aromatic amines is 1. The maximum Gasteiger partial charge on any atom is 0.227 e. The zero-order chi connectivity index (χ0) is 17.8. The van der Waals surface area contributed by atoms with Crippen LogP contribution < -0.4 is 5.32 Å². The number of amides is 1. The Balaban J connectivity index is 1.61. The number of aromatic nitrogens is 3. The molecule has 5 nitrogen and oxygen atoms in total. The molecule has 2 N–H and O–H groups in total. The number of aryl methyl sites for hydroxylation is 3. The smallest absolute Gasteiger partial charge is 0.227 e. The van der Waals surface area contributed by atoms with Gasteiger partial charge in [0.15, 0.2) is 0 Å². The number of pyridine rings is 1. The van der Waals surface area contributed by atoms with Gasteiger partial charge in [0.2, 0.25) is 11.9 Å². The molecule has 3 aromatic rings. The first kappa shape index (κ1) is 16.9. The molecule has 0 fully saturated rings. The number of anilines is 1. The average molecular weight is 334 g/mol. The second-order valence-corrected chi connectivity index (χ2v) is 6.29. The van der Waals surface area contributed by atoms with Gasteiger partial charge in [-0.1, -0.05) is 23.8 Å². The zero-order valence-corrected chi connectivity index (χ0v) is 14.8. The first-order valence-corrected chi connectivity index (χ1v) is 8.36. The Bertz CT molecular complexity index is 861. The van der Waals surface area contributed by atoms with Crippen molar-refractivity contribution >= 4 is 11.9 Å². The summed E-state index contributed by atoms with van der Waals surface area (Å²) in [7, 11) is 0. The molecule has 25 heavy (non-hydrogen) atoms. The van der Waals surface area contributed by atoms with E-state index in [2.05, 4.69) is 53.2 Å². The molecule has 0 saturated heterocycles. The molecule has 0 bridgehead atoms. The van der Waals surface area contributed by atoms with E-state index in [-0.39, 0.29) is 5.91 Å². The number of hydrogen-bond acceptors (Lipinski definition) is 3. The maximum atomic E-state index is 12.2. The van der Waals surface area contributed by atoms with Crippen LogP contribution in [-0.2, 0) is 11.2 Å². The molecule has 0 radical (unpaired) electrons. The molecule has 1 aromatic carbocycles. The van der Waals surface area contributed by atoms with Crippen molar-refractivity contribution in [2.45, 2.75) is 33.6 Å². The molecule has 3 rings (SSSR count). The number of carbonyl (C=O) groups excluding carboxylic acids is 1. The van der Waals surface area contributed by atoms with Crippen LogP contribution in [0.4, 0.5) is 5.95 Å². The van der Waals surface area contributed by atoms with Crippen LogP contribution in [0.3, 0.4) is 0 Å². The molecule has 1 amide bonds. The number of imidazole rings is 1. The summed E-state index contributed by atoms with van der Waals surface area (Å²) < 4.78 is 0. The van der Waals surface area contributed by atoms with E-state index < -0.39 is 0 Å². The first-order valence-electron chi connectivity index (χ1n) is 8.36. The van der Waals surface area contributed by atoms with Gasteiger partial charge >= 0.3 is 0 Å². The van der Waals surface area contributed by atoms with Crippen molar-refractivity contribution in [1.29, 1.82) is 0 Å². The van der Waals surface area contributed by atoms with Crippen LogP contribution in [0.1, 0.15) is 28.7 Å². The minimum Gasteiger partial charge on any atom is -0.323 e. The van der Waals surface area contributed by atoms with Crippen molar-refractivity contribution in [3.8, 4) is 11.4 Å². The molecule has 5 heteroatoms. The molecule has 0 aliphatic rings. The fourth-order valence-corrected chi connectivity index (χ4v) is 3.07. The standard InChI is InChI=1S/C20H22N4O/c1-13-10-14(2)16(15(3)11-13)7-8-19(25)24-20-22-12-18(23-20)17-6-4-5-9-21-17/h4-6,9-12H,7-8H2,1-3H3,(H2,22,23,24,25). The van der Waals surface area contributed by atoms with Gasteiger partial charge in [0.1, 0.15) is 0 Å². The Morgan fingerprint density at radius 1 is 1.12 bits per heavy atom. The summed E-state index contributed by atoms with van der Waals surface area (Å²) in [6.45, 7) is 6.28. The van der Waals surface area contributed by atoms with Crippen molar-refractivity contribution in [1.82, 2.24) is 15.0 Å². The monoisotopic (exact) mass is 334 g/mol. The maximum absolute atomic E-state index is 12.2.